The highest BCUT2D eigenvalue weighted by Gasteiger charge is 2.28. The van der Waals surface area contributed by atoms with Gasteiger partial charge in [-0.3, -0.25) is 9.59 Å². The minimum absolute atomic E-state index is 0.202. The van der Waals surface area contributed by atoms with Crippen LogP contribution < -0.4 is 5.63 Å². The van der Waals surface area contributed by atoms with Gasteiger partial charge in [-0.05, 0) is 18.9 Å². The maximum atomic E-state index is 12.1. The van der Waals surface area contributed by atoms with Crippen LogP contribution in [0.3, 0.4) is 0 Å². The second-order valence-corrected chi connectivity index (χ2v) is 4.27. The van der Waals surface area contributed by atoms with Crippen LogP contribution in [-0.2, 0) is 4.79 Å². The maximum absolute atomic E-state index is 12.1. The van der Waals surface area contributed by atoms with E-state index in [2.05, 4.69) is 4.42 Å². The highest BCUT2D eigenvalue weighted by Crippen LogP contribution is 2.18. The van der Waals surface area contributed by atoms with Gasteiger partial charge < -0.3 is 14.4 Å². The summed E-state index contributed by atoms with van der Waals surface area (Å²) in [6.45, 7) is 0.731. The van der Waals surface area contributed by atoms with Crippen molar-refractivity contribution in [2.75, 3.05) is 13.1 Å². The van der Waals surface area contributed by atoms with E-state index in [1.807, 2.05) is 0 Å². The van der Waals surface area contributed by atoms with Gasteiger partial charge in [0.1, 0.15) is 6.26 Å². The Morgan fingerprint density at radius 1 is 1.39 bits per heavy atom. The number of hydrogen-bond donors (Lipinski definition) is 1. The number of carbonyl (C=O) groups excluding carboxylic acids is 1. The number of carboxylic acids is 1. The molecule has 1 aliphatic heterocycles. The summed E-state index contributed by atoms with van der Waals surface area (Å²) in [7, 11) is 0. The minimum Gasteiger partial charge on any atom is -0.481 e. The number of carboxylic acid groups (broad SMARTS) is 1. The highest BCUT2D eigenvalue weighted by atomic mass is 16.4. The lowest BCUT2D eigenvalue weighted by molar-refractivity contribution is -0.143. The van der Waals surface area contributed by atoms with Crippen LogP contribution in [-0.4, -0.2) is 35.0 Å². The number of nitrogens with zero attached hydrogens (tertiary/aromatic N) is 1. The van der Waals surface area contributed by atoms with Crippen molar-refractivity contribution < 1.29 is 19.1 Å². The van der Waals surface area contributed by atoms with E-state index >= 15 is 0 Å². The Labute approximate surface area is 103 Å². The fourth-order valence-corrected chi connectivity index (χ4v) is 2.03. The maximum Gasteiger partial charge on any atom is 0.335 e. The summed E-state index contributed by atoms with van der Waals surface area (Å²) in [5, 5.41) is 8.95. The highest BCUT2D eigenvalue weighted by molar-refractivity contribution is 5.94. The largest absolute Gasteiger partial charge is 0.481 e. The van der Waals surface area contributed by atoms with Gasteiger partial charge in [-0.1, -0.05) is 0 Å². The van der Waals surface area contributed by atoms with Gasteiger partial charge in [0.25, 0.3) is 5.91 Å². The van der Waals surface area contributed by atoms with E-state index in [4.69, 9.17) is 5.11 Å². The molecular weight excluding hydrogens is 238 g/mol. The van der Waals surface area contributed by atoms with Crippen molar-refractivity contribution in [3.05, 3.63) is 34.4 Å². The van der Waals surface area contributed by atoms with Crippen LogP contribution in [0.15, 0.2) is 27.6 Å². The number of aliphatic carboxylic acids is 1. The molecular formula is C12H13NO5. The van der Waals surface area contributed by atoms with Crippen molar-refractivity contribution in [3.63, 3.8) is 0 Å². The molecule has 2 rings (SSSR count). The monoisotopic (exact) mass is 251 g/mol. The quantitative estimate of drug-likeness (QED) is 0.830. The lowest BCUT2D eigenvalue weighted by atomic mass is 9.98. The van der Waals surface area contributed by atoms with Crippen molar-refractivity contribution in [1.29, 1.82) is 0 Å². The van der Waals surface area contributed by atoms with Gasteiger partial charge in [-0.25, -0.2) is 4.79 Å². The van der Waals surface area contributed by atoms with E-state index in [1.165, 1.54) is 17.0 Å². The summed E-state index contributed by atoms with van der Waals surface area (Å²) in [5.74, 6) is -1.70. The van der Waals surface area contributed by atoms with E-state index in [-0.39, 0.29) is 18.0 Å². The van der Waals surface area contributed by atoms with Crippen molar-refractivity contribution in [1.82, 2.24) is 4.90 Å². The average molecular weight is 251 g/mol. The van der Waals surface area contributed by atoms with Crippen LogP contribution in [0.25, 0.3) is 0 Å². The van der Waals surface area contributed by atoms with Gasteiger partial charge in [0.2, 0.25) is 0 Å². The molecule has 0 aromatic carbocycles. The molecule has 0 radical (unpaired) electrons. The zero-order valence-electron chi connectivity index (χ0n) is 9.67. The average Bonchev–Trinajstić information content (AvgIpc) is 2.39. The van der Waals surface area contributed by atoms with E-state index in [1.54, 1.807) is 0 Å². The Morgan fingerprint density at radius 2 is 2.17 bits per heavy atom. The first-order valence-electron chi connectivity index (χ1n) is 5.69. The standard InChI is InChI=1S/C12H13NO5/c14-10-4-3-9(7-18-10)11(15)13-5-1-2-8(6-13)12(16)17/h3-4,7-8H,1-2,5-6H2,(H,16,17). The molecule has 18 heavy (non-hydrogen) atoms. The number of piperidine rings is 1. The molecule has 2 heterocycles. The fourth-order valence-electron chi connectivity index (χ4n) is 2.03. The van der Waals surface area contributed by atoms with Crippen LogP contribution in [0, 0.1) is 5.92 Å². The van der Waals surface area contributed by atoms with Gasteiger partial charge in [0, 0.05) is 19.2 Å². The normalized spacial score (nSPS) is 19.6. The SMILES string of the molecule is O=C(O)C1CCCN(C(=O)c2ccc(=O)oc2)C1. The Morgan fingerprint density at radius 3 is 2.78 bits per heavy atom. The lowest BCUT2D eigenvalue weighted by Crippen LogP contribution is -2.42. The molecule has 1 unspecified atom stereocenters. The van der Waals surface area contributed by atoms with Crippen LogP contribution in [0.1, 0.15) is 23.2 Å². The summed E-state index contributed by atoms with van der Waals surface area (Å²) >= 11 is 0. The Kier molecular flexibility index (Phi) is 3.45. The third-order valence-electron chi connectivity index (χ3n) is 3.01. The smallest absolute Gasteiger partial charge is 0.335 e. The first-order chi connectivity index (χ1) is 8.58. The third kappa shape index (κ3) is 2.58. The van der Waals surface area contributed by atoms with Gasteiger partial charge in [0.05, 0.1) is 11.5 Å². The van der Waals surface area contributed by atoms with Gasteiger partial charge in [0.15, 0.2) is 0 Å². The molecule has 1 aromatic heterocycles. The molecule has 0 aliphatic carbocycles. The molecule has 1 aromatic rings. The Hall–Kier alpha value is -2.11. The van der Waals surface area contributed by atoms with Crippen molar-refractivity contribution in [2.24, 2.45) is 5.92 Å². The number of rotatable bonds is 2. The minimum atomic E-state index is -0.882. The number of hydrogen-bond acceptors (Lipinski definition) is 4. The molecule has 1 saturated heterocycles. The molecule has 1 atom stereocenters. The van der Waals surface area contributed by atoms with E-state index in [0.29, 0.717) is 19.4 Å². The van der Waals surface area contributed by atoms with E-state index < -0.39 is 17.5 Å². The first kappa shape index (κ1) is 12.3. The molecule has 1 fully saturated rings. The van der Waals surface area contributed by atoms with Crippen LogP contribution in [0.5, 0.6) is 0 Å². The summed E-state index contributed by atoms with van der Waals surface area (Å²) in [5.41, 5.74) is -0.255. The number of likely N-dealkylation sites (tertiary alicyclic amines) is 1. The summed E-state index contributed by atoms with van der Waals surface area (Å²) in [6, 6.07) is 2.56. The third-order valence-corrected chi connectivity index (χ3v) is 3.01. The zero-order chi connectivity index (χ0) is 13.1. The molecule has 0 spiro atoms. The second kappa shape index (κ2) is 5.03. The predicted octanol–water partition coefficient (Wildman–Crippen LogP) is 0.577. The molecule has 6 heteroatoms. The first-order valence-corrected chi connectivity index (χ1v) is 5.69. The molecule has 1 amide bonds. The molecule has 1 aliphatic rings. The van der Waals surface area contributed by atoms with Gasteiger partial charge >= 0.3 is 11.6 Å². The predicted molar refractivity (Wildman–Crippen MR) is 61.2 cm³/mol. The summed E-state index contributed by atoms with van der Waals surface area (Å²) < 4.78 is 4.63. The molecule has 6 nitrogen and oxygen atoms in total. The van der Waals surface area contributed by atoms with Crippen LogP contribution in [0.4, 0.5) is 0 Å². The summed E-state index contributed by atoms with van der Waals surface area (Å²) in [6.07, 6.45) is 2.36. The molecule has 1 N–H and O–H groups in total. The van der Waals surface area contributed by atoms with Crippen LogP contribution in [0.2, 0.25) is 0 Å². The van der Waals surface area contributed by atoms with E-state index in [0.717, 1.165) is 6.26 Å². The van der Waals surface area contributed by atoms with Crippen LogP contribution >= 0.6 is 0 Å². The molecule has 0 bridgehead atoms. The topological polar surface area (TPSA) is 87.8 Å². The summed E-state index contributed by atoms with van der Waals surface area (Å²) in [4.78, 5) is 35.2. The fraction of sp³-hybridized carbons (Fsp3) is 0.417. The van der Waals surface area contributed by atoms with E-state index in [9.17, 15) is 14.4 Å². The van der Waals surface area contributed by atoms with Crippen molar-refractivity contribution in [2.45, 2.75) is 12.8 Å². The Bertz CT molecular complexity index is 501. The lowest BCUT2D eigenvalue weighted by Gasteiger charge is -2.30. The van der Waals surface area contributed by atoms with Gasteiger partial charge in [-0.15, -0.1) is 0 Å². The second-order valence-electron chi connectivity index (χ2n) is 4.27. The Balaban J connectivity index is 2.11. The molecule has 96 valence electrons. The number of carbonyl (C=O) groups is 2. The molecule has 0 saturated carbocycles. The zero-order valence-corrected chi connectivity index (χ0v) is 9.67. The number of amides is 1. The van der Waals surface area contributed by atoms with Gasteiger partial charge in [-0.2, -0.15) is 0 Å². The van der Waals surface area contributed by atoms with Crippen molar-refractivity contribution in [3.8, 4) is 0 Å². The van der Waals surface area contributed by atoms with Crippen molar-refractivity contribution >= 4 is 11.9 Å².